The van der Waals surface area contributed by atoms with Crippen molar-refractivity contribution in [2.75, 3.05) is 0 Å². The molecular weight excluding hydrogens is 322 g/mol. The maximum absolute atomic E-state index is 12.3. The first-order chi connectivity index (χ1) is 9.04. The van der Waals surface area contributed by atoms with Gasteiger partial charge in [0.2, 0.25) is 10.0 Å². The monoisotopic (exact) mass is 339 g/mol. The van der Waals surface area contributed by atoms with Crippen molar-refractivity contribution in [3.8, 4) is 0 Å². The molecule has 0 spiro atoms. The van der Waals surface area contributed by atoms with Crippen LogP contribution in [0.15, 0.2) is 34.1 Å². The molecule has 0 aromatic heterocycles. The molecule has 0 aliphatic rings. The SMILES string of the molecule is CCC(C)(CC)NS(=O)(=O)c1cccc(S(=O)(=O)Cl)c1. The second-order valence-corrected chi connectivity index (χ2v) is 9.03. The number of sulfonamides is 1. The van der Waals surface area contributed by atoms with E-state index in [9.17, 15) is 16.8 Å². The highest BCUT2D eigenvalue weighted by atomic mass is 35.7. The second-order valence-electron chi connectivity index (χ2n) is 4.79. The van der Waals surface area contributed by atoms with Crippen molar-refractivity contribution in [3.05, 3.63) is 24.3 Å². The molecule has 0 heterocycles. The summed E-state index contributed by atoms with van der Waals surface area (Å²) in [7, 11) is -2.53. The number of nitrogens with one attached hydrogen (secondary N) is 1. The molecular formula is C12H18ClNO4S2. The molecule has 0 aliphatic heterocycles. The summed E-state index contributed by atoms with van der Waals surface area (Å²) in [6.07, 6.45) is 1.24. The fourth-order valence-electron chi connectivity index (χ4n) is 1.57. The van der Waals surface area contributed by atoms with Crippen LogP contribution in [-0.4, -0.2) is 22.4 Å². The molecule has 0 unspecified atom stereocenters. The lowest BCUT2D eigenvalue weighted by Gasteiger charge is -2.27. The largest absolute Gasteiger partial charge is 0.261 e. The standard InChI is InChI=1S/C12H18ClNO4S2/c1-4-12(3,5-2)14-20(17,18)11-8-6-7-10(9-11)19(13,15)16/h6-9,14H,4-5H2,1-3H3. The summed E-state index contributed by atoms with van der Waals surface area (Å²) < 4.78 is 49.7. The van der Waals surface area contributed by atoms with Gasteiger partial charge in [0.1, 0.15) is 0 Å². The Kier molecular flexibility index (Phi) is 5.23. The lowest BCUT2D eigenvalue weighted by atomic mass is 9.98. The minimum absolute atomic E-state index is 0.118. The summed E-state index contributed by atoms with van der Waals surface area (Å²) in [6, 6.07) is 4.98. The van der Waals surface area contributed by atoms with E-state index in [2.05, 4.69) is 4.72 Å². The van der Waals surface area contributed by atoms with E-state index in [0.29, 0.717) is 12.8 Å². The van der Waals surface area contributed by atoms with E-state index in [4.69, 9.17) is 10.7 Å². The highest BCUT2D eigenvalue weighted by molar-refractivity contribution is 8.13. The highest BCUT2D eigenvalue weighted by Gasteiger charge is 2.28. The van der Waals surface area contributed by atoms with Crippen LogP contribution in [0, 0.1) is 0 Å². The average Bonchev–Trinajstić information content (AvgIpc) is 2.37. The predicted molar refractivity (Wildman–Crippen MR) is 78.8 cm³/mol. The number of benzene rings is 1. The molecule has 0 saturated carbocycles. The zero-order valence-electron chi connectivity index (χ0n) is 11.6. The minimum Gasteiger partial charge on any atom is -0.207 e. The Morgan fingerprint density at radius 2 is 1.60 bits per heavy atom. The van der Waals surface area contributed by atoms with Crippen molar-refractivity contribution in [3.63, 3.8) is 0 Å². The molecule has 5 nitrogen and oxygen atoms in total. The van der Waals surface area contributed by atoms with Crippen LogP contribution < -0.4 is 4.72 Å². The molecule has 0 radical (unpaired) electrons. The second kappa shape index (κ2) is 6.01. The van der Waals surface area contributed by atoms with Gasteiger partial charge in [0.15, 0.2) is 0 Å². The van der Waals surface area contributed by atoms with E-state index in [1.54, 1.807) is 6.92 Å². The Morgan fingerprint density at radius 1 is 1.10 bits per heavy atom. The number of halogens is 1. The Balaban J connectivity index is 3.24. The van der Waals surface area contributed by atoms with Gasteiger partial charge in [-0.2, -0.15) is 0 Å². The molecule has 0 amide bonds. The Morgan fingerprint density at radius 3 is 2.05 bits per heavy atom. The Bertz CT molecular complexity index is 679. The Labute approximate surface area is 124 Å². The van der Waals surface area contributed by atoms with E-state index in [0.717, 1.165) is 6.07 Å². The van der Waals surface area contributed by atoms with Gasteiger partial charge in [-0.3, -0.25) is 0 Å². The molecule has 0 saturated heterocycles. The Hall–Kier alpha value is -0.630. The molecule has 0 bridgehead atoms. The van der Waals surface area contributed by atoms with Gasteiger partial charge in [-0.15, -0.1) is 0 Å². The molecule has 1 rings (SSSR count). The van der Waals surface area contributed by atoms with E-state index in [1.165, 1.54) is 18.2 Å². The average molecular weight is 340 g/mol. The molecule has 20 heavy (non-hydrogen) atoms. The van der Waals surface area contributed by atoms with Gasteiger partial charge in [0.25, 0.3) is 9.05 Å². The fourth-order valence-corrected chi connectivity index (χ4v) is 4.04. The number of hydrogen-bond acceptors (Lipinski definition) is 4. The highest BCUT2D eigenvalue weighted by Crippen LogP contribution is 2.22. The maximum Gasteiger partial charge on any atom is 0.261 e. The van der Waals surface area contributed by atoms with E-state index in [1.807, 2.05) is 13.8 Å². The van der Waals surface area contributed by atoms with Crippen molar-refractivity contribution in [1.29, 1.82) is 0 Å². The van der Waals surface area contributed by atoms with Crippen LogP contribution in [-0.2, 0) is 19.1 Å². The van der Waals surface area contributed by atoms with Gasteiger partial charge in [0, 0.05) is 16.2 Å². The predicted octanol–water partition coefficient (Wildman–Crippen LogP) is 2.47. The zero-order chi connectivity index (χ0) is 15.6. The number of hydrogen-bond donors (Lipinski definition) is 1. The summed E-state index contributed by atoms with van der Waals surface area (Å²) in [6.45, 7) is 5.56. The summed E-state index contributed by atoms with van der Waals surface area (Å²) in [5.41, 5.74) is -0.575. The topological polar surface area (TPSA) is 80.3 Å². The molecule has 8 heteroatoms. The molecule has 0 aliphatic carbocycles. The summed E-state index contributed by atoms with van der Waals surface area (Å²) >= 11 is 0. The lowest BCUT2D eigenvalue weighted by molar-refractivity contribution is 0.388. The van der Waals surface area contributed by atoms with Crippen molar-refractivity contribution < 1.29 is 16.8 Å². The summed E-state index contributed by atoms with van der Waals surface area (Å²) in [5.74, 6) is 0. The van der Waals surface area contributed by atoms with Crippen molar-refractivity contribution >= 4 is 29.8 Å². The summed E-state index contributed by atoms with van der Waals surface area (Å²) in [4.78, 5) is -0.357. The quantitative estimate of drug-likeness (QED) is 0.807. The maximum atomic E-state index is 12.3. The van der Waals surface area contributed by atoms with Gasteiger partial charge in [-0.1, -0.05) is 19.9 Å². The van der Waals surface area contributed by atoms with Crippen LogP contribution in [0.4, 0.5) is 0 Å². The molecule has 1 aromatic carbocycles. The van der Waals surface area contributed by atoms with Crippen molar-refractivity contribution in [1.82, 2.24) is 4.72 Å². The van der Waals surface area contributed by atoms with Crippen LogP contribution >= 0.6 is 10.7 Å². The first-order valence-electron chi connectivity index (χ1n) is 6.13. The van der Waals surface area contributed by atoms with Gasteiger partial charge in [-0.25, -0.2) is 21.6 Å². The summed E-state index contributed by atoms with van der Waals surface area (Å²) in [5, 5.41) is 0. The fraction of sp³-hybridized carbons (Fsp3) is 0.500. The van der Waals surface area contributed by atoms with Crippen molar-refractivity contribution in [2.24, 2.45) is 0 Å². The molecule has 114 valence electrons. The third-order valence-electron chi connectivity index (χ3n) is 3.34. The first-order valence-corrected chi connectivity index (χ1v) is 9.92. The third kappa shape index (κ3) is 4.18. The molecule has 1 aromatic rings. The lowest BCUT2D eigenvalue weighted by Crippen LogP contribution is -2.44. The molecule has 0 fully saturated rings. The normalized spacial score (nSPS) is 13.4. The van der Waals surface area contributed by atoms with E-state index >= 15 is 0 Å². The third-order valence-corrected chi connectivity index (χ3v) is 6.33. The smallest absolute Gasteiger partial charge is 0.207 e. The zero-order valence-corrected chi connectivity index (χ0v) is 13.9. The first kappa shape index (κ1) is 17.4. The van der Waals surface area contributed by atoms with Crippen molar-refractivity contribution in [2.45, 2.75) is 48.9 Å². The van der Waals surface area contributed by atoms with Gasteiger partial charge < -0.3 is 0 Å². The van der Waals surface area contributed by atoms with Gasteiger partial charge in [-0.05, 0) is 38.0 Å². The van der Waals surface area contributed by atoms with Crippen LogP contribution in [0.3, 0.4) is 0 Å². The van der Waals surface area contributed by atoms with Crippen LogP contribution in [0.2, 0.25) is 0 Å². The van der Waals surface area contributed by atoms with Gasteiger partial charge >= 0.3 is 0 Å². The number of rotatable bonds is 6. The van der Waals surface area contributed by atoms with E-state index < -0.39 is 24.6 Å². The van der Waals surface area contributed by atoms with Crippen LogP contribution in [0.25, 0.3) is 0 Å². The minimum atomic E-state index is -3.96. The molecule has 1 N–H and O–H groups in total. The van der Waals surface area contributed by atoms with E-state index in [-0.39, 0.29) is 9.79 Å². The van der Waals surface area contributed by atoms with Gasteiger partial charge in [0.05, 0.1) is 9.79 Å². The van der Waals surface area contributed by atoms with Crippen LogP contribution in [0.5, 0.6) is 0 Å². The molecule has 0 atom stereocenters. The van der Waals surface area contributed by atoms with Crippen LogP contribution in [0.1, 0.15) is 33.6 Å².